The van der Waals surface area contributed by atoms with Gasteiger partial charge < -0.3 is 11.1 Å². The fourth-order valence-corrected chi connectivity index (χ4v) is 4.00. The molecule has 3 aromatic rings. The van der Waals surface area contributed by atoms with Crippen molar-refractivity contribution < 1.29 is 0 Å². The highest BCUT2D eigenvalue weighted by Crippen LogP contribution is 2.39. The van der Waals surface area contributed by atoms with Crippen molar-refractivity contribution in [2.75, 3.05) is 11.1 Å². The molecule has 0 spiro atoms. The molecule has 0 aliphatic heterocycles. The van der Waals surface area contributed by atoms with Crippen LogP contribution in [0.25, 0.3) is 10.2 Å². The van der Waals surface area contributed by atoms with Gasteiger partial charge in [-0.25, -0.2) is 4.98 Å². The number of anilines is 3. The molecule has 1 aliphatic carbocycles. The van der Waals surface area contributed by atoms with E-state index in [0.29, 0.717) is 11.8 Å². The van der Waals surface area contributed by atoms with Crippen LogP contribution in [0.3, 0.4) is 0 Å². The van der Waals surface area contributed by atoms with Crippen LogP contribution in [-0.2, 0) is 12.8 Å². The lowest BCUT2D eigenvalue weighted by Crippen LogP contribution is -2.01. The van der Waals surface area contributed by atoms with E-state index in [1.807, 2.05) is 30.3 Å². The summed E-state index contributed by atoms with van der Waals surface area (Å²) in [5.74, 6) is 1.16. The van der Waals surface area contributed by atoms with Crippen LogP contribution < -0.4 is 11.1 Å². The number of nitrogens with two attached hydrogens (primary N) is 1. The molecule has 0 bridgehead atoms. The molecule has 4 nitrogen and oxygen atoms in total. The lowest BCUT2D eigenvalue weighted by atomic mass is 10.2. The van der Waals surface area contributed by atoms with Crippen LogP contribution in [0.4, 0.5) is 17.5 Å². The fourth-order valence-electron chi connectivity index (χ4n) is 2.73. The summed E-state index contributed by atoms with van der Waals surface area (Å²) >= 11 is 1.75. The molecule has 3 N–H and O–H groups in total. The third-order valence-electron chi connectivity index (χ3n) is 3.62. The molecule has 0 amide bonds. The number of thiophene rings is 1. The van der Waals surface area contributed by atoms with Gasteiger partial charge in [0.2, 0.25) is 5.95 Å². The third-order valence-corrected chi connectivity index (χ3v) is 4.81. The van der Waals surface area contributed by atoms with Gasteiger partial charge in [0, 0.05) is 10.6 Å². The number of fused-ring (bicyclic) bond motifs is 3. The maximum atomic E-state index is 6.14. The van der Waals surface area contributed by atoms with Crippen LogP contribution in [0.1, 0.15) is 16.9 Å². The molecule has 0 atom stereocenters. The number of aryl methyl sites for hydroxylation is 2. The summed E-state index contributed by atoms with van der Waals surface area (Å²) in [5.41, 5.74) is 8.48. The Morgan fingerprint density at radius 1 is 1.10 bits per heavy atom. The molecule has 2 aromatic heterocycles. The second kappa shape index (κ2) is 4.45. The molecule has 4 rings (SSSR count). The zero-order valence-corrected chi connectivity index (χ0v) is 11.7. The molecule has 1 aromatic carbocycles. The zero-order valence-electron chi connectivity index (χ0n) is 10.9. The minimum Gasteiger partial charge on any atom is -0.383 e. The number of hydrogen-bond donors (Lipinski definition) is 2. The van der Waals surface area contributed by atoms with Crippen molar-refractivity contribution in [2.24, 2.45) is 0 Å². The van der Waals surface area contributed by atoms with Crippen molar-refractivity contribution in [3.05, 3.63) is 40.8 Å². The Morgan fingerprint density at radius 3 is 2.80 bits per heavy atom. The van der Waals surface area contributed by atoms with Gasteiger partial charge in [0.15, 0.2) is 0 Å². The first-order chi connectivity index (χ1) is 9.81. The fraction of sp³-hybridized carbons (Fsp3) is 0.200. The smallest absolute Gasteiger partial charge is 0.230 e. The van der Waals surface area contributed by atoms with Gasteiger partial charge in [-0.3, -0.25) is 0 Å². The van der Waals surface area contributed by atoms with Gasteiger partial charge in [-0.2, -0.15) is 4.98 Å². The van der Waals surface area contributed by atoms with Crippen LogP contribution in [0.2, 0.25) is 0 Å². The van der Waals surface area contributed by atoms with E-state index in [1.165, 1.54) is 16.9 Å². The first-order valence-corrected chi connectivity index (χ1v) is 7.53. The Balaban J connectivity index is 1.79. The van der Waals surface area contributed by atoms with Crippen LogP contribution >= 0.6 is 11.3 Å². The molecule has 1 aliphatic rings. The minimum atomic E-state index is 0.570. The Kier molecular flexibility index (Phi) is 2.60. The molecule has 20 heavy (non-hydrogen) atoms. The molecular formula is C15H14N4S. The van der Waals surface area contributed by atoms with E-state index < -0.39 is 0 Å². The zero-order chi connectivity index (χ0) is 13.5. The largest absolute Gasteiger partial charge is 0.383 e. The number of nitrogens with zero attached hydrogens (tertiary/aromatic N) is 2. The number of para-hydroxylation sites is 1. The van der Waals surface area contributed by atoms with E-state index in [0.717, 1.165) is 28.7 Å². The van der Waals surface area contributed by atoms with Gasteiger partial charge in [-0.15, -0.1) is 11.3 Å². The Labute approximate surface area is 120 Å². The second-order valence-corrected chi connectivity index (χ2v) is 6.04. The van der Waals surface area contributed by atoms with Gasteiger partial charge in [-0.1, -0.05) is 18.2 Å². The van der Waals surface area contributed by atoms with Crippen molar-refractivity contribution in [3.8, 4) is 0 Å². The van der Waals surface area contributed by atoms with Crippen LogP contribution in [0.5, 0.6) is 0 Å². The lowest BCUT2D eigenvalue weighted by molar-refractivity contribution is 0.917. The summed E-state index contributed by atoms with van der Waals surface area (Å²) in [6.45, 7) is 0. The molecule has 0 saturated heterocycles. The average Bonchev–Trinajstić information content (AvgIpc) is 2.99. The number of aromatic nitrogens is 2. The standard InChI is InChI=1S/C15H14N4S/c16-13-12-10-7-4-8-11(10)20-14(12)19-15(18-13)17-9-5-2-1-3-6-9/h1-3,5-6H,4,7-8H2,(H3,16,17,18,19). The van der Waals surface area contributed by atoms with Crippen molar-refractivity contribution in [1.29, 1.82) is 0 Å². The maximum Gasteiger partial charge on any atom is 0.230 e. The first kappa shape index (κ1) is 11.7. The predicted molar refractivity (Wildman–Crippen MR) is 83.6 cm³/mol. The first-order valence-electron chi connectivity index (χ1n) is 6.71. The molecule has 0 saturated carbocycles. The van der Waals surface area contributed by atoms with Gasteiger partial charge >= 0.3 is 0 Å². The average molecular weight is 282 g/mol. The van der Waals surface area contributed by atoms with Gasteiger partial charge in [0.05, 0.1) is 5.39 Å². The molecule has 100 valence electrons. The van der Waals surface area contributed by atoms with E-state index in [4.69, 9.17) is 5.73 Å². The van der Waals surface area contributed by atoms with Crippen LogP contribution in [0.15, 0.2) is 30.3 Å². The highest BCUT2D eigenvalue weighted by molar-refractivity contribution is 7.19. The Hall–Kier alpha value is -2.14. The monoisotopic (exact) mass is 282 g/mol. The highest BCUT2D eigenvalue weighted by Gasteiger charge is 2.21. The Bertz CT molecular complexity index is 779. The lowest BCUT2D eigenvalue weighted by Gasteiger charge is -2.06. The van der Waals surface area contributed by atoms with Crippen LogP contribution in [0, 0.1) is 0 Å². The highest BCUT2D eigenvalue weighted by atomic mass is 32.1. The number of benzene rings is 1. The quantitative estimate of drug-likeness (QED) is 0.755. The normalized spacial score (nSPS) is 13.6. The van der Waals surface area contributed by atoms with E-state index in [9.17, 15) is 0 Å². The molecule has 0 radical (unpaired) electrons. The van der Waals surface area contributed by atoms with Crippen molar-refractivity contribution >= 4 is 39.0 Å². The number of nitrogen functional groups attached to an aromatic ring is 1. The summed E-state index contributed by atoms with van der Waals surface area (Å²) in [7, 11) is 0. The van der Waals surface area contributed by atoms with E-state index in [2.05, 4.69) is 15.3 Å². The number of rotatable bonds is 2. The summed E-state index contributed by atoms with van der Waals surface area (Å²) in [5, 5.41) is 4.28. The number of nitrogens with one attached hydrogen (secondary N) is 1. The predicted octanol–water partition coefficient (Wildman–Crippen LogP) is 3.51. The van der Waals surface area contributed by atoms with Crippen LogP contribution in [-0.4, -0.2) is 9.97 Å². The SMILES string of the molecule is Nc1nc(Nc2ccccc2)nc2sc3c(c12)CCC3. The molecule has 0 unspecified atom stereocenters. The minimum absolute atomic E-state index is 0.570. The summed E-state index contributed by atoms with van der Waals surface area (Å²) in [6, 6.07) is 9.90. The van der Waals surface area contributed by atoms with E-state index >= 15 is 0 Å². The Morgan fingerprint density at radius 2 is 1.95 bits per heavy atom. The molecule has 2 heterocycles. The van der Waals surface area contributed by atoms with Gasteiger partial charge in [0.1, 0.15) is 10.6 Å². The molecular weight excluding hydrogens is 268 g/mol. The molecule has 0 fully saturated rings. The third kappa shape index (κ3) is 1.82. The molecule has 5 heteroatoms. The maximum absolute atomic E-state index is 6.14. The van der Waals surface area contributed by atoms with Crippen molar-refractivity contribution in [1.82, 2.24) is 9.97 Å². The van der Waals surface area contributed by atoms with Crippen molar-refractivity contribution in [2.45, 2.75) is 19.3 Å². The number of hydrogen-bond acceptors (Lipinski definition) is 5. The summed E-state index contributed by atoms with van der Waals surface area (Å²) in [6.07, 6.45) is 3.48. The summed E-state index contributed by atoms with van der Waals surface area (Å²) in [4.78, 5) is 11.4. The topological polar surface area (TPSA) is 63.8 Å². The van der Waals surface area contributed by atoms with Crippen molar-refractivity contribution in [3.63, 3.8) is 0 Å². The van der Waals surface area contributed by atoms with Gasteiger partial charge in [0.25, 0.3) is 0 Å². The van der Waals surface area contributed by atoms with E-state index in [1.54, 1.807) is 11.3 Å². The van der Waals surface area contributed by atoms with Gasteiger partial charge in [-0.05, 0) is 37.0 Å². The second-order valence-electron chi connectivity index (χ2n) is 4.96. The summed E-state index contributed by atoms with van der Waals surface area (Å²) < 4.78 is 0. The van der Waals surface area contributed by atoms with E-state index in [-0.39, 0.29) is 0 Å².